The van der Waals surface area contributed by atoms with E-state index in [1.54, 1.807) is 11.3 Å². The molecule has 0 bridgehead atoms. The molecule has 1 heterocycles. The number of nitrogens with zero attached hydrogens (tertiary/aromatic N) is 1. The Morgan fingerprint density at radius 2 is 2.15 bits per heavy atom. The average Bonchev–Trinajstić information content (AvgIpc) is 2.31. The predicted molar refractivity (Wildman–Crippen MR) is 58.2 cm³/mol. The van der Waals surface area contributed by atoms with Gasteiger partial charge in [0.05, 0.1) is 10.7 Å². The standard InChI is InChI=1S/C10H18N2S/c1-7(2)8-6-13-9(12-8)5-10(3,4)11/h6-7H,5,11H2,1-4H3. The molecular weight excluding hydrogens is 180 g/mol. The van der Waals surface area contributed by atoms with E-state index in [1.165, 1.54) is 5.69 Å². The molecule has 0 aliphatic heterocycles. The van der Waals surface area contributed by atoms with Crippen LogP contribution < -0.4 is 5.73 Å². The van der Waals surface area contributed by atoms with Gasteiger partial charge < -0.3 is 5.73 Å². The minimum Gasteiger partial charge on any atom is -0.325 e. The summed E-state index contributed by atoms with van der Waals surface area (Å²) in [5.41, 5.74) is 6.96. The van der Waals surface area contributed by atoms with Gasteiger partial charge in [0, 0.05) is 17.3 Å². The van der Waals surface area contributed by atoms with E-state index >= 15 is 0 Å². The number of rotatable bonds is 3. The Morgan fingerprint density at radius 3 is 2.54 bits per heavy atom. The number of aromatic nitrogens is 1. The number of hydrogen-bond acceptors (Lipinski definition) is 3. The van der Waals surface area contributed by atoms with Crippen LogP contribution >= 0.6 is 11.3 Å². The summed E-state index contributed by atoms with van der Waals surface area (Å²) < 4.78 is 0. The summed E-state index contributed by atoms with van der Waals surface area (Å²) in [4.78, 5) is 4.53. The summed E-state index contributed by atoms with van der Waals surface area (Å²) in [6.07, 6.45) is 0.865. The zero-order chi connectivity index (χ0) is 10.1. The summed E-state index contributed by atoms with van der Waals surface area (Å²) in [7, 11) is 0. The minimum atomic E-state index is -0.147. The van der Waals surface area contributed by atoms with Gasteiger partial charge in [-0.15, -0.1) is 11.3 Å². The normalized spacial score (nSPS) is 12.5. The van der Waals surface area contributed by atoms with Crippen LogP contribution in [0.5, 0.6) is 0 Å². The molecule has 13 heavy (non-hydrogen) atoms. The van der Waals surface area contributed by atoms with Gasteiger partial charge in [-0.05, 0) is 19.8 Å². The first-order valence-electron chi connectivity index (χ1n) is 4.61. The molecule has 0 aromatic carbocycles. The van der Waals surface area contributed by atoms with E-state index in [-0.39, 0.29) is 5.54 Å². The lowest BCUT2D eigenvalue weighted by molar-refractivity contribution is 0.514. The second-order valence-electron chi connectivity index (χ2n) is 4.49. The molecular formula is C10H18N2S. The Balaban J connectivity index is 2.70. The Bertz CT molecular complexity index is 271. The summed E-state index contributed by atoms with van der Waals surface area (Å²) in [5.74, 6) is 0.519. The molecule has 1 aromatic rings. The molecule has 2 N–H and O–H groups in total. The zero-order valence-corrected chi connectivity index (χ0v) is 9.61. The molecule has 0 aliphatic rings. The highest BCUT2D eigenvalue weighted by atomic mass is 32.1. The molecule has 3 heteroatoms. The topological polar surface area (TPSA) is 38.9 Å². The second kappa shape index (κ2) is 3.76. The summed E-state index contributed by atoms with van der Waals surface area (Å²) in [6, 6.07) is 0. The van der Waals surface area contributed by atoms with Gasteiger partial charge in [0.2, 0.25) is 0 Å². The second-order valence-corrected chi connectivity index (χ2v) is 5.43. The Labute approximate surface area is 84.2 Å². The molecule has 0 aliphatic carbocycles. The number of nitrogens with two attached hydrogens (primary N) is 1. The van der Waals surface area contributed by atoms with Crippen LogP contribution in [0.4, 0.5) is 0 Å². The first-order chi connectivity index (χ1) is 5.88. The van der Waals surface area contributed by atoms with E-state index in [4.69, 9.17) is 5.73 Å². The van der Waals surface area contributed by atoms with Crippen molar-refractivity contribution in [2.75, 3.05) is 0 Å². The summed E-state index contributed by atoms with van der Waals surface area (Å²) in [5, 5.41) is 3.28. The first kappa shape index (κ1) is 10.7. The third-order valence-corrected chi connectivity index (χ3v) is 2.63. The van der Waals surface area contributed by atoms with Gasteiger partial charge in [0.25, 0.3) is 0 Å². The number of thiazole rings is 1. The third-order valence-electron chi connectivity index (χ3n) is 1.77. The molecule has 0 atom stereocenters. The molecule has 0 saturated carbocycles. The van der Waals surface area contributed by atoms with Crippen molar-refractivity contribution in [3.63, 3.8) is 0 Å². The molecule has 0 fully saturated rings. The van der Waals surface area contributed by atoms with E-state index in [0.29, 0.717) is 5.92 Å². The van der Waals surface area contributed by atoms with Crippen molar-refractivity contribution in [1.29, 1.82) is 0 Å². The van der Waals surface area contributed by atoms with E-state index < -0.39 is 0 Å². The van der Waals surface area contributed by atoms with Crippen molar-refractivity contribution in [1.82, 2.24) is 4.98 Å². The maximum absolute atomic E-state index is 5.92. The maximum Gasteiger partial charge on any atom is 0.0946 e. The van der Waals surface area contributed by atoms with Gasteiger partial charge in [0.15, 0.2) is 0 Å². The van der Waals surface area contributed by atoms with Crippen molar-refractivity contribution < 1.29 is 0 Å². The molecule has 1 rings (SSSR count). The Morgan fingerprint density at radius 1 is 1.54 bits per heavy atom. The molecule has 0 unspecified atom stereocenters. The van der Waals surface area contributed by atoms with Crippen LogP contribution in [0.1, 0.15) is 44.3 Å². The lowest BCUT2D eigenvalue weighted by Gasteiger charge is -2.15. The largest absolute Gasteiger partial charge is 0.325 e. The van der Waals surface area contributed by atoms with E-state index in [9.17, 15) is 0 Å². The average molecular weight is 198 g/mol. The molecule has 0 spiro atoms. The van der Waals surface area contributed by atoms with Crippen LogP contribution in [0, 0.1) is 0 Å². The zero-order valence-electron chi connectivity index (χ0n) is 8.79. The highest BCUT2D eigenvalue weighted by Gasteiger charge is 2.14. The van der Waals surface area contributed by atoms with E-state index in [1.807, 2.05) is 13.8 Å². The monoisotopic (exact) mass is 198 g/mol. The molecule has 2 nitrogen and oxygen atoms in total. The first-order valence-corrected chi connectivity index (χ1v) is 5.49. The third kappa shape index (κ3) is 3.44. The highest BCUT2D eigenvalue weighted by molar-refractivity contribution is 7.09. The van der Waals surface area contributed by atoms with Gasteiger partial charge in [-0.25, -0.2) is 4.98 Å². The maximum atomic E-state index is 5.92. The van der Waals surface area contributed by atoms with E-state index in [2.05, 4.69) is 24.2 Å². The number of hydrogen-bond donors (Lipinski definition) is 1. The summed E-state index contributed by atoms with van der Waals surface area (Å²) >= 11 is 1.71. The van der Waals surface area contributed by atoms with Crippen molar-refractivity contribution in [3.05, 3.63) is 16.1 Å². The molecule has 74 valence electrons. The Kier molecular flexibility index (Phi) is 3.09. The van der Waals surface area contributed by atoms with Crippen molar-refractivity contribution in [2.45, 2.75) is 45.6 Å². The van der Waals surface area contributed by atoms with Gasteiger partial charge in [-0.3, -0.25) is 0 Å². The quantitative estimate of drug-likeness (QED) is 0.810. The fourth-order valence-electron chi connectivity index (χ4n) is 1.06. The van der Waals surface area contributed by atoms with Gasteiger partial charge in [0.1, 0.15) is 0 Å². The van der Waals surface area contributed by atoms with Gasteiger partial charge in [-0.1, -0.05) is 13.8 Å². The summed E-state index contributed by atoms with van der Waals surface area (Å²) in [6.45, 7) is 8.38. The molecule has 1 aromatic heterocycles. The van der Waals surface area contributed by atoms with Crippen molar-refractivity contribution in [2.24, 2.45) is 5.73 Å². The van der Waals surface area contributed by atoms with Crippen LogP contribution in [-0.4, -0.2) is 10.5 Å². The molecule has 0 amide bonds. The van der Waals surface area contributed by atoms with Gasteiger partial charge >= 0.3 is 0 Å². The smallest absolute Gasteiger partial charge is 0.0946 e. The molecule has 0 saturated heterocycles. The minimum absolute atomic E-state index is 0.147. The fourth-order valence-corrected chi connectivity index (χ4v) is 2.26. The van der Waals surface area contributed by atoms with E-state index in [0.717, 1.165) is 11.4 Å². The highest BCUT2D eigenvalue weighted by Crippen LogP contribution is 2.20. The van der Waals surface area contributed by atoms with Crippen LogP contribution in [-0.2, 0) is 6.42 Å². The lowest BCUT2D eigenvalue weighted by atomic mass is 10.0. The fraction of sp³-hybridized carbons (Fsp3) is 0.700. The Hall–Kier alpha value is -0.410. The molecule has 0 radical (unpaired) electrons. The predicted octanol–water partition coefficient (Wildman–Crippen LogP) is 2.55. The lowest BCUT2D eigenvalue weighted by Crippen LogP contribution is -2.34. The van der Waals surface area contributed by atoms with Crippen LogP contribution in [0.3, 0.4) is 0 Å². The van der Waals surface area contributed by atoms with Crippen molar-refractivity contribution in [3.8, 4) is 0 Å². The van der Waals surface area contributed by atoms with Crippen LogP contribution in [0.15, 0.2) is 5.38 Å². The van der Waals surface area contributed by atoms with Gasteiger partial charge in [-0.2, -0.15) is 0 Å². The van der Waals surface area contributed by atoms with Crippen LogP contribution in [0.2, 0.25) is 0 Å². The van der Waals surface area contributed by atoms with Crippen molar-refractivity contribution >= 4 is 11.3 Å². The SMILES string of the molecule is CC(C)c1csc(CC(C)(C)N)n1. The van der Waals surface area contributed by atoms with Crippen LogP contribution in [0.25, 0.3) is 0 Å².